The lowest BCUT2D eigenvalue weighted by molar-refractivity contribution is -0.157. The monoisotopic (exact) mass is 1140 g/mol. The van der Waals surface area contributed by atoms with Crippen molar-refractivity contribution in [2.24, 2.45) is 23.7 Å². The Bertz CT molecular complexity index is 2290. The van der Waals surface area contributed by atoms with E-state index in [1.165, 1.54) is 49.5 Å². The van der Waals surface area contributed by atoms with E-state index >= 15 is 0 Å². The molecule has 0 aromatic heterocycles. The highest BCUT2D eigenvalue weighted by Crippen LogP contribution is 2.31. The van der Waals surface area contributed by atoms with Crippen molar-refractivity contribution in [1.82, 2.24) is 9.80 Å². The summed E-state index contributed by atoms with van der Waals surface area (Å²) >= 11 is 0. The van der Waals surface area contributed by atoms with Crippen LogP contribution in [0.25, 0.3) is 0 Å². The first-order valence-electron chi connectivity index (χ1n) is 30.8. The number of hydrogen-bond donors (Lipinski definition) is 1. The molecule has 0 saturated heterocycles. The minimum atomic E-state index is -0.552. The second-order valence-electron chi connectivity index (χ2n) is 23.5. The maximum atomic E-state index is 12.9. The van der Waals surface area contributed by atoms with Gasteiger partial charge < -0.3 is 33.5 Å². The van der Waals surface area contributed by atoms with Gasteiger partial charge >= 0.3 is 35.8 Å². The molecule has 0 aromatic carbocycles. The number of esters is 6. The van der Waals surface area contributed by atoms with Crippen LogP contribution in [0.2, 0.25) is 0 Å². The second kappa shape index (κ2) is 40.0. The molecule has 0 aromatic rings. The number of nitrogens with zero attached hydrogens (tertiary/aromatic N) is 2. The Morgan fingerprint density at radius 3 is 1.05 bits per heavy atom. The molecule has 4 aliphatic carbocycles. The molecule has 0 spiro atoms. The maximum Gasteiger partial charge on any atom is 0.320 e. The Morgan fingerprint density at radius 1 is 0.451 bits per heavy atom. The molecule has 0 saturated carbocycles. The molecule has 4 rings (SSSR count). The van der Waals surface area contributed by atoms with E-state index < -0.39 is 11.9 Å². The number of allylic oxidation sites excluding steroid dienone is 16. The van der Waals surface area contributed by atoms with Crippen molar-refractivity contribution in [3.05, 3.63) is 93.2 Å². The molecule has 4 aliphatic rings. The number of rotatable bonds is 37. The number of carbonyl (C=O) groups excluding carboxylic acids is 6. The third-order valence-electron chi connectivity index (χ3n) is 15.9. The molecule has 0 fully saturated rings. The van der Waals surface area contributed by atoms with Gasteiger partial charge in [-0.2, -0.15) is 0 Å². The van der Waals surface area contributed by atoms with Gasteiger partial charge in [-0.15, -0.1) is 0 Å². The molecule has 0 amide bonds. The lowest BCUT2D eigenvalue weighted by atomic mass is 9.87. The van der Waals surface area contributed by atoms with Crippen LogP contribution in [-0.4, -0.2) is 137 Å². The lowest BCUT2D eigenvalue weighted by Crippen LogP contribution is -2.35. The van der Waals surface area contributed by atoms with Crippen LogP contribution in [-0.2, 0) is 57.2 Å². The summed E-state index contributed by atoms with van der Waals surface area (Å²) in [7, 11) is 1.59. The van der Waals surface area contributed by atoms with E-state index in [1.54, 1.807) is 7.05 Å². The van der Waals surface area contributed by atoms with Crippen LogP contribution in [0.15, 0.2) is 93.2 Å². The van der Waals surface area contributed by atoms with Crippen LogP contribution in [0.1, 0.15) is 183 Å². The normalized spacial score (nSPS) is 19.4. The minimum absolute atomic E-state index is 0.0203. The molecule has 1 N–H and O–H groups in total. The smallest absolute Gasteiger partial charge is 0.320 e. The number of likely N-dealkylation sites (N-methyl/N-ethyl adjacent to an activating group) is 1. The summed E-state index contributed by atoms with van der Waals surface area (Å²) in [6, 6.07) is 0. The SMILES string of the molecule is CC(C)=CCCC1=CCC(C(=O)OCCOC(=O)CN(C)CC(=O)OCCOC(=O)C2CC=C(CC/C=C(\C)CC/C(C)=C/CCC3=CCC(C(=O)OCCN(CCO)CCOC(=O)C4CC=C(CCC=C(C)C)CC4)CC3)CC2)CC1. The predicted molar refractivity (Wildman–Crippen MR) is 321 cm³/mol. The summed E-state index contributed by atoms with van der Waals surface area (Å²) in [6.45, 7) is 14.2. The van der Waals surface area contributed by atoms with Crippen LogP contribution in [0.4, 0.5) is 0 Å². The molecule has 4 atom stereocenters. The van der Waals surface area contributed by atoms with Crippen LogP contribution >= 0.6 is 0 Å². The molecule has 4 unspecified atom stereocenters. The molecule has 15 heteroatoms. The highest BCUT2D eigenvalue weighted by atomic mass is 16.6. The van der Waals surface area contributed by atoms with E-state index in [2.05, 4.69) is 90.2 Å². The van der Waals surface area contributed by atoms with Gasteiger partial charge in [0.1, 0.15) is 39.6 Å². The van der Waals surface area contributed by atoms with Crippen LogP contribution < -0.4 is 0 Å². The fourth-order valence-electron chi connectivity index (χ4n) is 10.7. The maximum absolute atomic E-state index is 12.9. The Kier molecular flexibility index (Phi) is 33.7. The molecule has 458 valence electrons. The summed E-state index contributed by atoms with van der Waals surface area (Å²) in [5.41, 5.74) is 11.0. The summed E-state index contributed by atoms with van der Waals surface area (Å²) in [4.78, 5) is 79.0. The summed E-state index contributed by atoms with van der Waals surface area (Å²) in [6.07, 6.45) is 37.4. The quantitative estimate of drug-likeness (QED) is 0.0268. The van der Waals surface area contributed by atoms with Gasteiger partial charge in [0.2, 0.25) is 0 Å². The number of hydrogen-bond acceptors (Lipinski definition) is 15. The highest BCUT2D eigenvalue weighted by molar-refractivity contribution is 5.76. The first kappa shape index (κ1) is 69.1. The van der Waals surface area contributed by atoms with Crippen molar-refractivity contribution in [2.45, 2.75) is 183 Å². The van der Waals surface area contributed by atoms with E-state index in [9.17, 15) is 33.9 Å². The average Bonchev–Trinajstić information content (AvgIpc) is 3.53. The third kappa shape index (κ3) is 29.7. The predicted octanol–water partition coefficient (Wildman–Crippen LogP) is 12.1. The van der Waals surface area contributed by atoms with Gasteiger partial charge in [-0.1, -0.05) is 93.2 Å². The Morgan fingerprint density at radius 2 is 0.756 bits per heavy atom. The molecular weight excluding hydrogens is 1040 g/mol. The highest BCUT2D eigenvalue weighted by Gasteiger charge is 2.27. The first-order valence-corrected chi connectivity index (χ1v) is 30.8. The van der Waals surface area contributed by atoms with Crippen molar-refractivity contribution in [3.63, 3.8) is 0 Å². The number of ether oxygens (including phenoxy) is 6. The van der Waals surface area contributed by atoms with Crippen LogP contribution in [0.5, 0.6) is 0 Å². The molecule has 15 nitrogen and oxygen atoms in total. The van der Waals surface area contributed by atoms with Gasteiger partial charge in [-0.25, -0.2) is 0 Å². The zero-order chi connectivity index (χ0) is 59.5. The third-order valence-corrected chi connectivity index (χ3v) is 15.9. The van der Waals surface area contributed by atoms with E-state index in [-0.39, 0.29) is 107 Å². The van der Waals surface area contributed by atoms with E-state index in [0.717, 1.165) is 122 Å². The molecule has 82 heavy (non-hydrogen) atoms. The molecule has 0 heterocycles. The van der Waals surface area contributed by atoms with Gasteiger partial charge in [-0.3, -0.25) is 38.6 Å². The topological polar surface area (TPSA) is 185 Å². The van der Waals surface area contributed by atoms with Gasteiger partial charge in [0, 0.05) is 19.6 Å². The fourth-order valence-corrected chi connectivity index (χ4v) is 10.7. The van der Waals surface area contributed by atoms with Crippen molar-refractivity contribution in [1.29, 1.82) is 0 Å². The van der Waals surface area contributed by atoms with Gasteiger partial charge in [0.25, 0.3) is 0 Å². The largest absolute Gasteiger partial charge is 0.464 e. The number of carbonyl (C=O) groups is 6. The van der Waals surface area contributed by atoms with Crippen molar-refractivity contribution in [2.75, 3.05) is 86.0 Å². The molecular formula is C67H102N2O13. The lowest BCUT2D eigenvalue weighted by Gasteiger charge is -2.24. The zero-order valence-corrected chi connectivity index (χ0v) is 51.2. The second-order valence-corrected chi connectivity index (χ2v) is 23.5. The molecule has 0 aliphatic heterocycles. The van der Waals surface area contributed by atoms with Crippen molar-refractivity contribution in [3.8, 4) is 0 Å². The summed E-state index contributed by atoms with van der Waals surface area (Å²) < 4.78 is 32.5. The first-order chi connectivity index (χ1) is 39.5. The van der Waals surface area contributed by atoms with Gasteiger partial charge in [-0.05, 0) is 190 Å². The Labute approximate surface area is 491 Å². The van der Waals surface area contributed by atoms with E-state index in [4.69, 9.17) is 28.4 Å². The van der Waals surface area contributed by atoms with Crippen LogP contribution in [0.3, 0.4) is 0 Å². The van der Waals surface area contributed by atoms with E-state index in [0.29, 0.717) is 38.9 Å². The Hall–Kier alpha value is -5.38. The van der Waals surface area contributed by atoms with Crippen LogP contribution in [0, 0.1) is 23.7 Å². The molecule has 0 bridgehead atoms. The standard InChI is InChI=1S/C67H102N2O13/c1-50(2)12-8-16-54-22-30-58(31-23-54)64(73)79-42-39-69(38-41-70)40-43-80-65(74)59-32-26-56(27-33-59)18-10-14-52(5)20-21-53(6)15-11-19-57-28-36-61(37-29-57)67(76)82-47-45-78-63(72)49-68(7)48-62(71)77-44-46-81-66(75)60-34-24-55(25-35-60)17-9-13-51(3)4/h12-15,22,24,26,28,58-61,70H,8-11,16-21,23,25,27,29-49H2,1-7H3/b52-14+,53-15+. The number of aliphatic hydroxyl groups excluding tert-OH is 1. The van der Waals surface area contributed by atoms with Crippen molar-refractivity contribution < 1.29 is 62.3 Å². The average molecular weight is 1140 g/mol. The Balaban J connectivity index is 0.974. The minimum Gasteiger partial charge on any atom is -0.464 e. The summed E-state index contributed by atoms with van der Waals surface area (Å²) in [5.74, 6) is -2.61. The van der Waals surface area contributed by atoms with Crippen molar-refractivity contribution >= 4 is 35.8 Å². The van der Waals surface area contributed by atoms with Gasteiger partial charge in [0.15, 0.2) is 0 Å². The summed E-state index contributed by atoms with van der Waals surface area (Å²) in [5, 5.41) is 9.61. The number of aliphatic hydroxyl groups is 1. The molecule has 0 radical (unpaired) electrons. The van der Waals surface area contributed by atoms with E-state index in [1.807, 2.05) is 4.90 Å². The fraction of sp³-hybridized carbons (Fsp3) is 0.672. The zero-order valence-electron chi connectivity index (χ0n) is 51.2. The van der Waals surface area contributed by atoms with Gasteiger partial charge in [0.05, 0.1) is 43.4 Å².